The van der Waals surface area contributed by atoms with Crippen LogP contribution in [0, 0.1) is 18.3 Å². The highest BCUT2D eigenvalue weighted by molar-refractivity contribution is 6.09. The second kappa shape index (κ2) is 8.48. The van der Waals surface area contributed by atoms with Crippen LogP contribution in [0.3, 0.4) is 0 Å². The van der Waals surface area contributed by atoms with Gasteiger partial charge in [0.05, 0.1) is 11.6 Å². The van der Waals surface area contributed by atoms with Gasteiger partial charge in [-0.3, -0.25) is 23.9 Å². The van der Waals surface area contributed by atoms with Crippen molar-refractivity contribution < 1.29 is 9.59 Å². The van der Waals surface area contributed by atoms with Crippen molar-refractivity contribution in [1.29, 1.82) is 5.26 Å². The lowest BCUT2D eigenvalue weighted by atomic mass is 9.95. The zero-order chi connectivity index (χ0) is 21.0. The molecule has 0 aliphatic rings. The van der Waals surface area contributed by atoms with Gasteiger partial charge in [-0.2, -0.15) is 5.26 Å². The van der Waals surface area contributed by atoms with Gasteiger partial charge >= 0.3 is 5.69 Å². The number of nitriles is 1. The molecule has 146 valence electrons. The molecule has 1 aromatic carbocycles. The fraction of sp³-hybridized carbons (Fsp3) is 0.350. The van der Waals surface area contributed by atoms with Crippen LogP contribution in [0.4, 0.5) is 0 Å². The lowest BCUT2D eigenvalue weighted by molar-refractivity contribution is -0.118. The molecule has 28 heavy (non-hydrogen) atoms. The van der Waals surface area contributed by atoms with Gasteiger partial charge in [0.15, 0.2) is 0 Å². The summed E-state index contributed by atoms with van der Waals surface area (Å²) in [5.74, 6) is -1.37. The van der Waals surface area contributed by atoms with E-state index in [-0.39, 0.29) is 42.1 Å². The molecular weight excluding hydrogens is 360 g/mol. The summed E-state index contributed by atoms with van der Waals surface area (Å²) < 4.78 is 1.18. The zero-order valence-corrected chi connectivity index (χ0v) is 16.0. The van der Waals surface area contributed by atoms with E-state index in [1.54, 1.807) is 32.9 Å². The first-order valence-electron chi connectivity index (χ1n) is 8.87. The SMILES string of the molecule is Cc1cc(C#N)cc(C(=O)c2c(C(C)C)c(=O)[nH]c(=O)n2CCCC(N)=O)c1. The summed E-state index contributed by atoms with van der Waals surface area (Å²) in [4.78, 5) is 51.4. The second-order valence-corrected chi connectivity index (χ2v) is 6.93. The number of aromatic amines is 1. The molecule has 0 saturated heterocycles. The van der Waals surface area contributed by atoms with Gasteiger partial charge in [0, 0.05) is 24.1 Å². The van der Waals surface area contributed by atoms with Crippen molar-refractivity contribution in [2.45, 2.75) is 46.1 Å². The third-order valence-corrected chi connectivity index (χ3v) is 4.30. The number of amides is 1. The molecular formula is C20H22N4O4. The Labute approximate surface area is 161 Å². The average molecular weight is 382 g/mol. The molecule has 1 aromatic heterocycles. The molecule has 0 radical (unpaired) electrons. The van der Waals surface area contributed by atoms with Crippen LogP contribution in [0.25, 0.3) is 0 Å². The van der Waals surface area contributed by atoms with E-state index < -0.39 is 22.9 Å². The summed E-state index contributed by atoms with van der Waals surface area (Å²) in [6, 6.07) is 6.67. The Bertz CT molecular complexity index is 1090. The van der Waals surface area contributed by atoms with Crippen LogP contribution in [0.1, 0.15) is 65.3 Å². The highest BCUT2D eigenvalue weighted by Gasteiger charge is 2.24. The second-order valence-electron chi connectivity index (χ2n) is 6.93. The van der Waals surface area contributed by atoms with Crippen molar-refractivity contribution in [3.63, 3.8) is 0 Å². The van der Waals surface area contributed by atoms with E-state index >= 15 is 0 Å². The van der Waals surface area contributed by atoms with Gasteiger partial charge in [-0.05, 0) is 43.0 Å². The summed E-state index contributed by atoms with van der Waals surface area (Å²) in [6.07, 6.45) is 0.287. The van der Waals surface area contributed by atoms with Crippen LogP contribution < -0.4 is 17.0 Å². The maximum atomic E-state index is 13.3. The van der Waals surface area contributed by atoms with Gasteiger partial charge < -0.3 is 5.73 Å². The summed E-state index contributed by atoms with van der Waals surface area (Å²) in [5.41, 5.74) is 5.19. The molecule has 0 spiro atoms. The largest absolute Gasteiger partial charge is 0.370 e. The van der Waals surface area contributed by atoms with Crippen LogP contribution >= 0.6 is 0 Å². The molecule has 1 amide bonds. The van der Waals surface area contributed by atoms with Gasteiger partial charge in [0.25, 0.3) is 5.56 Å². The predicted molar refractivity (Wildman–Crippen MR) is 103 cm³/mol. The van der Waals surface area contributed by atoms with Crippen LogP contribution in [-0.2, 0) is 11.3 Å². The first kappa shape index (κ1) is 20.8. The van der Waals surface area contributed by atoms with E-state index in [1.165, 1.54) is 10.6 Å². The summed E-state index contributed by atoms with van der Waals surface area (Å²) in [7, 11) is 0. The normalized spacial score (nSPS) is 10.7. The number of nitrogens with two attached hydrogens (primary N) is 1. The maximum Gasteiger partial charge on any atom is 0.328 e. The molecule has 8 heteroatoms. The van der Waals surface area contributed by atoms with E-state index in [0.717, 1.165) is 0 Å². The third-order valence-electron chi connectivity index (χ3n) is 4.30. The fourth-order valence-corrected chi connectivity index (χ4v) is 3.11. The Kier molecular flexibility index (Phi) is 6.31. The molecule has 0 aliphatic carbocycles. The highest BCUT2D eigenvalue weighted by Crippen LogP contribution is 2.20. The number of hydrogen-bond donors (Lipinski definition) is 2. The number of aromatic nitrogens is 2. The number of ketones is 1. The number of nitrogens with zero attached hydrogens (tertiary/aromatic N) is 2. The molecule has 0 bridgehead atoms. The first-order chi connectivity index (χ1) is 13.1. The molecule has 0 saturated carbocycles. The number of carbonyl (C=O) groups excluding carboxylic acids is 2. The van der Waals surface area contributed by atoms with Crippen LogP contribution in [0.2, 0.25) is 0 Å². The lowest BCUT2D eigenvalue weighted by Crippen LogP contribution is -2.38. The third kappa shape index (κ3) is 4.43. The topological polar surface area (TPSA) is 139 Å². The number of primary amides is 1. The first-order valence-corrected chi connectivity index (χ1v) is 8.87. The van der Waals surface area contributed by atoms with Crippen molar-refractivity contribution in [2.75, 3.05) is 0 Å². The zero-order valence-electron chi connectivity index (χ0n) is 16.0. The molecule has 2 rings (SSSR count). The fourth-order valence-electron chi connectivity index (χ4n) is 3.11. The molecule has 8 nitrogen and oxygen atoms in total. The minimum atomic E-state index is -0.726. The van der Waals surface area contributed by atoms with E-state index in [9.17, 15) is 24.4 Å². The number of benzene rings is 1. The molecule has 3 N–H and O–H groups in total. The summed E-state index contributed by atoms with van der Waals surface area (Å²) in [6.45, 7) is 5.29. The van der Waals surface area contributed by atoms with Crippen LogP contribution in [0.5, 0.6) is 0 Å². The standard InChI is InChI=1S/C20H22N4O4/c1-11(2)16-17(18(26)14-8-12(3)7-13(9-14)10-21)24(6-4-5-15(22)25)20(28)23-19(16)27/h7-9,11H,4-6H2,1-3H3,(H2,22,25)(H,23,27,28). The van der Waals surface area contributed by atoms with Crippen molar-refractivity contribution >= 4 is 11.7 Å². The molecule has 0 atom stereocenters. The number of rotatable bonds is 7. The summed E-state index contributed by atoms with van der Waals surface area (Å²) in [5, 5.41) is 9.18. The average Bonchev–Trinajstić information content (AvgIpc) is 2.61. The Hall–Kier alpha value is -3.47. The van der Waals surface area contributed by atoms with Crippen molar-refractivity contribution in [2.24, 2.45) is 5.73 Å². The summed E-state index contributed by atoms with van der Waals surface area (Å²) >= 11 is 0. The molecule has 0 unspecified atom stereocenters. The molecule has 1 heterocycles. The lowest BCUT2D eigenvalue weighted by Gasteiger charge is -2.17. The quantitative estimate of drug-likeness (QED) is 0.696. The van der Waals surface area contributed by atoms with E-state index in [0.29, 0.717) is 11.1 Å². The maximum absolute atomic E-state index is 13.3. The van der Waals surface area contributed by atoms with Crippen LogP contribution in [-0.4, -0.2) is 21.2 Å². The molecule has 0 aliphatic heterocycles. The monoisotopic (exact) mass is 382 g/mol. The van der Waals surface area contributed by atoms with Crippen molar-refractivity contribution in [3.8, 4) is 6.07 Å². The van der Waals surface area contributed by atoms with Gasteiger partial charge in [-0.1, -0.05) is 13.8 Å². The minimum absolute atomic E-state index is 0.0253. The Morgan fingerprint density at radius 2 is 1.93 bits per heavy atom. The highest BCUT2D eigenvalue weighted by atomic mass is 16.2. The molecule has 2 aromatic rings. The number of nitrogens with one attached hydrogen (secondary N) is 1. The van der Waals surface area contributed by atoms with Gasteiger partial charge in [-0.25, -0.2) is 4.79 Å². The van der Waals surface area contributed by atoms with Crippen molar-refractivity contribution in [3.05, 3.63) is 67.0 Å². The van der Waals surface area contributed by atoms with Gasteiger partial charge in [-0.15, -0.1) is 0 Å². The molecule has 0 fully saturated rings. The van der Waals surface area contributed by atoms with E-state index in [2.05, 4.69) is 4.98 Å². The smallest absolute Gasteiger partial charge is 0.328 e. The van der Waals surface area contributed by atoms with Crippen molar-refractivity contribution in [1.82, 2.24) is 9.55 Å². The number of hydrogen-bond acceptors (Lipinski definition) is 5. The Morgan fingerprint density at radius 1 is 1.25 bits per heavy atom. The Balaban J connectivity index is 2.72. The Morgan fingerprint density at radius 3 is 2.50 bits per heavy atom. The van der Waals surface area contributed by atoms with Gasteiger partial charge in [0.1, 0.15) is 5.69 Å². The number of H-pyrrole nitrogens is 1. The number of carbonyl (C=O) groups is 2. The number of aryl methyl sites for hydroxylation is 1. The van der Waals surface area contributed by atoms with E-state index in [1.807, 2.05) is 6.07 Å². The minimum Gasteiger partial charge on any atom is -0.370 e. The van der Waals surface area contributed by atoms with E-state index in [4.69, 9.17) is 5.73 Å². The van der Waals surface area contributed by atoms with Gasteiger partial charge in [0.2, 0.25) is 11.7 Å². The van der Waals surface area contributed by atoms with Crippen LogP contribution in [0.15, 0.2) is 27.8 Å². The predicted octanol–water partition coefficient (Wildman–Crippen LogP) is 1.34.